The molecule has 1 aliphatic carbocycles. The monoisotopic (exact) mass is 273 g/mol. The van der Waals surface area contributed by atoms with E-state index in [1.807, 2.05) is 0 Å². The number of likely N-dealkylation sites (tertiary alicyclic amines) is 1. The van der Waals surface area contributed by atoms with Gasteiger partial charge in [0.2, 0.25) is 0 Å². The van der Waals surface area contributed by atoms with Gasteiger partial charge in [0, 0.05) is 6.54 Å². The Morgan fingerprint density at radius 2 is 1.90 bits per heavy atom. The van der Waals surface area contributed by atoms with Crippen molar-refractivity contribution in [3.8, 4) is 0 Å². The zero-order valence-electron chi connectivity index (χ0n) is 12.1. The van der Waals surface area contributed by atoms with Crippen LogP contribution in [0.5, 0.6) is 0 Å². The van der Waals surface area contributed by atoms with E-state index in [0.29, 0.717) is 5.92 Å². The van der Waals surface area contributed by atoms with Crippen LogP contribution < -0.4 is 0 Å². The number of hydrogen-bond donors (Lipinski definition) is 1. The normalized spacial score (nSPS) is 25.9. The Hall–Kier alpha value is -1.35. The maximum absolute atomic E-state index is 11.7. The summed E-state index contributed by atoms with van der Waals surface area (Å²) in [5.41, 5.74) is 1.74. The molecular weight excluding hydrogens is 250 g/mol. The summed E-state index contributed by atoms with van der Waals surface area (Å²) in [4.78, 5) is 14.1. The second-order valence-corrected chi connectivity index (χ2v) is 6.46. The third-order valence-electron chi connectivity index (χ3n) is 5.19. The number of likely N-dealkylation sites (N-methyl/N-ethyl adjacent to an activating group) is 1. The Labute approximate surface area is 120 Å². The van der Waals surface area contributed by atoms with Gasteiger partial charge in [-0.15, -0.1) is 0 Å². The summed E-state index contributed by atoms with van der Waals surface area (Å²) in [5.74, 6) is -0.0400. The van der Waals surface area contributed by atoms with E-state index in [1.165, 1.54) is 12.0 Å². The molecule has 0 spiro atoms. The molecule has 3 heteroatoms. The van der Waals surface area contributed by atoms with Gasteiger partial charge in [0.05, 0.1) is 5.41 Å². The number of carbonyl (C=O) groups is 1. The minimum atomic E-state index is -0.650. The topological polar surface area (TPSA) is 40.5 Å². The van der Waals surface area contributed by atoms with Gasteiger partial charge in [-0.3, -0.25) is 4.79 Å². The van der Waals surface area contributed by atoms with E-state index in [1.54, 1.807) is 0 Å². The number of rotatable bonds is 3. The molecule has 3 nitrogen and oxygen atoms in total. The van der Waals surface area contributed by atoms with Crippen LogP contribution in [0, 0.1) is 0 Å². The molecule has 108 valence electrons. The summed E-state index contributed by atoms with van der Waals surface area (Å²) >= 11 is 0. The molecule has 0 amide bonds. The lowest BCUT2D eigenvalue weighted by Crippen LogP contribution is -2.32. The molecule has 2 aliphatic rings. The predicted molar refractivity (Wildman–Crippen MR) is 79.1 cm³/mol. The van der Waals surface area contributed by atoms with E-state index in [0.717, 1.165) is 44.3 Å². The molecule has 1 aromatic carbocycles. The molecule has 0 aromatic heterocycles. The largest absolute Gasteiger partial charge is 0.481 e. The summed E-state index contributed by atoms with van der Waals surface area (Å²) in [6.07, 6.45) is 4.84. The highest BCUT2D eigenvalue weighted by molar-refractivity contribution is 5.81. The predicted octanol–water partition coefficient (Wildman–Crippen LogP) is 3.00. The molecule has 1 unspecified atom stereocenters. The van der Waals surface area contributed by atoms with Crippen LogP contribution in [-0.4, -0.2) is 36.1 Å². The van der Waals surface area contributed by atoms with Crippen molar-refractivity contribution in [2.24, 2.45) is 0 Å². The fourth-order valence-electron chi connectivity index (χ4n) is 3.89. The molecule has 2 fully saturated rings. The number of benzene rings is 1. The number of carboxylic acid groups (broad SMARTS) is 1. The SMILES string of the molecule is CN1CCC(c2ccc(C3(C(=O)O)CCCC3)cc2)C1. The average Bonchev–Trinajstić information content (AvgIpc) is 3.08. The van der Waals surface area contributed by atoms with Crippen LogP contribution in [0.15, 0.2) is 24.3 Å². The van der Waals surface area contributed by atoms with Gasteiger partial charge in [-0.2, -0.15) is 0 Å². The fourth-order valence-corrected chi connectivity index (χ4v) is 3.89. The van der Waals surface area contributed by atoms with Gasteiger partial charge in [0.15, 0.2) is 0 Å². The lowest BCUT2D eigenvalue weighted by molar-refractivity contribution is -0.143. The molecule has 1 saturated heterocycles. The van der Waals surface area contributed by atoms with E-state index in [4.69, 9.17) is 0 Å². The van der Waals surface area contributed by atoms with Gasteiger partial charge >= 0.3 is 5.97 Å². The highest BCUT2D eigenvalue weighted by Crippen LogP contribution is 2.41. The van der Waals surface area contributed by atoms with Gasteiger partial charge < -0.3 is 10.0 Å². The molecular formula is C17H23NO2. The lowest BCUT2D eigenvalue weighted by Gasteiger charge is -2.25. The Balaban J connectivity index is 1.83. The van der Waals surface area contributed by atoms with Crippen molar-refractivity contribution in [3.63, 3.8) is 0 Å². The van der Waals surface area contributed by atoms with Crippen LogP contribution in [0.1, 0.15) is 49.1 Å². The lowest BCUT2D eigenvalue weighted by atomic mass is 9.78. The molecule has 0 radical (unpaired) electrons. The van der Waals surface area contributed by atoms with Gasteiger partial charge in [0.1, 0.15) is 0 Å². The number of carboxylic acids is 1. The van der Waals surface area contributed by atoms with E-state index in [2.05, 4.69) is 36.2 Å². The number of nitrogens with zero attached hydrogens (tertiary/aromatic N) is 1. The first kappa shape index (κ1) is 13.6. The molecule has 1 aromatic rings. The van der Waals surface area contributed by atoms with Crippen molar-refractivity contribution in [3.05, 3.63) is 35.4 Å². The number of hydrogen-bond acceptors (Lipinski definition) is 2. The number of aliphatic carboxylic acids is 1. The Morgan fingerprint density at radius 3 is 2.40 bits per heavy atom. The summed E-state index contributed by atoms with van der Waals surface area (Å²) in [6.45, 7) is 2.27. The van der Waals surface area contributed by atoms with Crippen LogP contribution >= 0.6 is 0 Å². The molecule has 3 rings (SSSR count). The molecule has 0 bridgehead atoms. The van der Waals surface area contributed by atoms with E-state index >= 15 is 0 Å². The van der Waals surface area contributed by atoms with Crippen LogP contribution in [0.25, 0.3) is 0 Å². The fraction of sp³-hybridized carbons (Fsp3) is 0.588. The van der Waals surface area contributed by atoms with E-state index < -0.39 is 11.4 Å². The van der Waals surface area contributed by atoms with E-state index in [9.17, 15) is 9.90 Å². The average molecular weight is 273 g/mol. The highest BCUT2D eigenvalue weighted by atomic mass is 16.4. The third kappa shape index (κ3) is 2.24. The van der Waals surface area contributed by atoms with Crippen LogP contribution in [-0.2, 0) is 10.2 Å². The van der Waals surface area contributed by atoms with Crippen molar-refractivity contribution in [2.75, 3.05) is 20.1 Å². The second kappa shape index (κ2) is 5.21. The minimum absolute atomic E-state index is 0.610. The quantitative estimate of drug-likeness (QED) is 0.920. The second-order valence-electron chi connectivity index (χ2n) is 6.46. The van der Waals surface area contributed by atoms with Crippen molar-refractivity contribution in [1.82, 2.24) is 4.90 Å². The van der Waals surface area contributed by atoms with Gasteiger partial charge in [-0.05, 0) is 49.9 Å². The first-order valence-electron chi connectivity index (χ1n) is 7.64. The molecule has 1 saturated carbocycles. The molecule has 1 atom stereocenters. The maximum Gasteiger partial charge on any atom is 0.314 e. The minimum Gasteiger partial charge on any atom is -0.481 e. The van der Waals surface area contributed by atoms with Gasteiger partial charge in [-0.25, -0.2) is 0 Å². The van der Waals surface area contributed by atoms with Gasteiger partial charge in [-0.1, -0.05) is 37.1 Å². The van der Waals surface area contributed by atoms with Crippen molar-refractivity contribution >= 4 is 5.97 Å². The van der Waals surface area contributed by atoms with Gasteiger partial charge in [0.25, 0.3) is 0 Å². The summed E-state index contributed by atoms with van der Waals surface area (Å²) in [7, 11) is 2.16. The van der Waals surface area contributed by atoms with Crippen LogP contribution in [0.4, 0.5) is 0 Å². The Morgan fingerprint density at radius 1 is 1.25 bits per heavy atom. The molecule has 1 heterocycles. The van der Waals surface area contributed by atoms with Crippen molar-refractivity contribution in [1.29, 1.82) is 0 Å². The van der Waals surface area contributed by atoms with Crippen LogP contribution in [0.2, 0.25) is 0 Å². The van der Waals surface area contributed by atoms with Crippen LogP contribution in [0.3, 0.4) is 0 Å². The van der Waals surface area contributed by atoms with Crippen molar-refractivity contribution < 1.29 is 9.90 Å². The zero-order chi connectivity index (χ0) is 14.2. The van der Waals surface area contributed by atoms with E-state index in [-0.39, 0.29) is 0 Å². The summed E-state index contributed by atoms with van der Waals surface area (Å²) < 4.78 is 0. The summed E-state index contributed by atoms with van der Waals surface area (Å²) in [6, 6.07) is 8.44. The Kier molecular flexibility index (Phi) is 3.55. The third-order valence-corrected chi connectivity index (χ3v) is 5.19. The zero-order valence-corrected chi connectivity index (χ0v) is 12.1. The standard InChI is InChI=1S/C17H23NO2/c1-18-11-8-14(12-18)13-4-6-15(7-5-13)17(16(19)20)9-2-3-10-17/h4-7,14H,2-3,8-12H2,1H3,(H,19,20). The molecule has 1 N–H and O–H groups in total. The maximum atomic E-state index is 11.7. The molecule has 20 heavy (non-hydrogen) atoms. The smallest absolute Gasteiger partial charge is 0.314 e. The summed E-state index contributed by atoms with van der Waals surface area (Å²) in [5, 5.41) is 9.63. The van der Waals surface area contributed by atoms with Crippen molar-refractivity contribution in [2.45, 2.75) is 43.4 Å². The first-order valence-corrected chi connectivity index (χ1v) is 7.64. The first-order chi connectivity index (χ1) is 9.62. The molecule has 1 aliphatic heterocycles. The Bertz CT molecular complexity index is 488. The highest BCUT2D eigenvalue weighted by Gasteiger charge is 2.42.